The Bertz CT molecular complexity index is 751. The predicted octanol–water partition coefficient (Wildman–Crippen LogP) is 3.20. The summed E-state index contributed by atoms with van der Waals surface area (Å²) in [5, 5.41) is 0. The Morgan fingerprint density at radius 3 is 2.32 bits per heavy atom. The van der Waals surface area contributed by atoms with Crippen LogP contribution in [0.4, 0.5) is 0 Å². The molecule has 132 valence electrons. The van der Waals surface area contributed by atoms with Crippen molar-refractivity contribution < 1.29 is 9.53 Å². The maximum atomic E-state index is 13.0. The molecule has 1 fully saturated rings. The van der Waals surface area contributed by atoms with Crippen LogP contribution in [0, 0.1) is 13.8 Å². The van der Waals surface area contributed by atoms with Gasteiger partial charge in [0.05, 0.1) is 13.1 Å². The van der Waals surface area contributed by atoms with Gasteiger partial charge in [0.15, 0.2) is 0 Å². The molecule has 2 aromatic carbocycles. The number of carbonyl (C=O) groups is 1. The van der Waals surface area contributed by atoms with E-state index < -0.39 is 0 Å². The molecule has 3 rings (SSSR count). The summed E-state index contributed by atoms with van der Waals surface area (Å²) < 4.78 is 5.97. The lowest BCUT2D eigenvalue weighted by molar-refractivity contribution is -0.145. The van der Waals surface area contributed by atoms with Crippen LogP contribution >= 0.6 is 0 Å². The molecule has 0 bridgehead atoms. The number of likely N-dealkylation sites (tertiary alicyclic amines) is 1. The molecule has 4 nitrogen and oxygen atoms in total. The highest BCUT2D eigenvalue weighted by atomic mass is 16.5. The number of ether oxygens (including phenoxy) is 1. The monoisotopic (exact) mass is 338 g/mol. The standard InChI is InChI=1S/C21H26N2O2/c1-15-7-5-9-17(11-15)20(22(3)4)21(24)23-13-19(14-23)25-18-10-6-8-16(2)12-18/h5-12,19-20H,13-14H2,1-4H3/t20-/m1/s1. The maximum absolute atomic E-state index is 13.0. The second-order valence-electron chi connectivity index (χ2n) is 7.08. The van der Waals surface area contributed by atoms with Gasteiger partial charge in [-0.05, 0) is 51.2 Å². The molecule has 0 aromatic heterocycles. The zero-order valence-electron chi connectivity index (χ0n) is 15.4. The van der Waals surface area contributed by atoms with E-state index in [0.29, 0.717) is 13.1 Å². The first kappa shape index (κ1) is 17.5. The molecule has 0 saturated carbocycles. The molecule has 1 aliphatic rings. The Balaban J connectivity index is 1.63. The zero-order valence-corrected chi connectivity index (χ0v) is 15.4. The maximum Gasteiger partial charge on any atom is 0.244 e. The molecule has 0 aliphatic carbocycles. The lowest BCUT2D eigenvalue weighted by atomic mass is 10.00. The van der Waals surface area contributed by atoms with E-state index in [-0.39, 0.29) is 18.1 Å². The summed E-state index contributed by atoms with van der Waals surface area (Å²) in [7, 11) is 3.90. The Labute approximate surface area is 150 Å². The molecule has 0 radical (unpaired) electrons. The number of rotatable bonds is 5. The molecule has 1 heterocycles. The lowest BCUT2D eigenvalue weighted by Crippen LogP contribution is -2.58. The van der Waals surface area contributed by atoms with Gasteiger partial charge < -0.3 is 9.64 Å². The van der Waals surface area contributed by atoms with Gasteiger partial charge in [-0.2, -0.15) is 0 Å². The quantitative estimate of drug-likeness (QED) is 0.839. The van der Waals surface area contributed by atoms with E-state index >= 15 is 0 Å². The van der Waals surface area contributed by atoms with Crippen molar-refractivity contribution in [2.24, 2.45) is 0 Å². The molecule has 4 heteroatoms. The Morgan fingerprint density at radius 1 is 1.08 bits per heavy atom. The van der Waals surface area contributed by atoms with Crippen LogP contribution in [0.2, 0.25) is 0 Å². The fourth-order valence-corrected chi connectivity index (χ4v) is 3.25. The first-order valence-corrected chi connectivity index (χ1v) is 8.69. The fraction of sp³-hybridized carbons (Fsp3) is 0.381. The first-order chi connectivity index (χ1) is 11.9. The average molecular weight is 338 g/mol. The lowest BCUT2D eigenvalue weighted by Gasteiger charge is -2.41. The summed E-state index contributed by atoms with van der Waals surface area (Å²) in [6, 6.07) is 16.0. The van der Waals surface area contributed by atoms with Crippen molar-refractivity contribution in [1.29, 1.82) is 0 Å². The molecule has 1 amide bonds. The van der Waals surface area contributed by atoms with Crippen molar-refractivity contribution >= 4 is 5.91 Å². The van der Waals surface area contributed by atoms with Crippen LogP contribution in [0.3, 0.4) is 0 Å². The summed E-state index contributed by atoms with van der Waals surface area (Å²) in [5.74, 6) is 1.01. The minimum atomic E-state index is -0.250. The zero-order chi connectivity index (χ0) is 18.0. The number of carbonyl (C=O) groups excluding carboxylic acids is 1. The van der Waals surface area contributed by atoms with Crippen molar-refractivity contribution in [3.05, 3.63) is 65.2 Å². The fourth-order valence-electron chi connectivity index (χ4n) is 3.25. The van der Waals surface area contributed by atoms with Gasteiger partial charge in [-0.25, -0.2) is 0 Å². The van der Waals surface area contributed by atoms with E-state index in [1.807, 2.05) is 67.2 Å². The summed E-state index contributed by atoms with van der Waals surface area (Å²) >= 11 is 0. The number of benzene rings is 2. The Morgan fingerprint density at radius 2 is 1.72 bits per heavy atom. The van der Waals surface area contributed by atoms with Gasteiger partial charge in [-0.15, -0.1) is 0 Å². The molecular formula is C21H26N2O2. The molecule has 0 unspecified atom stereocenters. The molecule has 0 N–H and O–H groups in total. The van der Waals surface area contributed by atoms with Crippen molar-refractivity contribution in [3.63, 3.8) is 0 Å². The van der Waals surface area contributed by atoms with E-state index in [1.165, 1.54) is 11.1 Å². The highest BCUT2D eigenvalue weighted by Crippen LogP contribution is 2.26. The molecule has 25 heavy (non-hydrogen) atoms. The van der Waals surface area contributed by atoms with Gasteiger partial charge in [0.25, 0.3) is 0 Å². The number of likely N-dealkylation sites (N-methyl/N-ethyl adjacent to an activating group) is 1. The summed E-state index contributed by atoms with van der Waals surface area (Å²) in [6.07, 6.45) is 0.0751. The minimum absolute atomic E-state index is 0.0751. The summed E-state index contributed by atoms with van der Waals surface area (Å²) in [6.45, 7) is 5.38. The SMILES string of the molecule is Cc1cccc(OC2CN(C(=O)[C@@H](c3cccc(C)c3)N(C)C)C2)c1. The molecule has 1 aliphatic heterocycles. The van der Waals surface area contributed by atoms with E-state index in [1.54, 1.807) is 0 Å². The third kappa shape index (κ3) is 4.02. The normalized spacial score (nSPS) is 15.8. The first-order valence-electron chi connectivity index (χ1n) is 8.69. The van der Waals surface area contributed by atoms with Crippen LogP contribution in [0.15, 0.2) is 48.5 Å². The third-order valence-electron chi connectivity index (χ3n) is 4.56. The van der Waals surface area contributed by atoms with Gasteiger partial charge in [-0.1, -0.05) is 42.0 Å². The van der Waals surface area contributed by atoms with Gasteiger partial charge in [0.1, 0.15) is 17.9 Å². The second-order valence-corrected chi connectivity index (χ2v) is 7.08. The van der Waals surface area contributed by atoms with Gasteiger partial charge in [-0.3, -0.25) is 9.69 Å². The molecule has 0 spiro atoms. The van der Waals surface area contributed by atoms with Crippen LogP contribution < -0.4 is 4.74 Å². The van der Waals surface area contributed by atoms with E-state index in [4.69, 9.17) is 4.74 Å². The van der Waals surface area contributed by atoms with Crippen molar-refractivity contribution in [1.82, 2.24) is 9.80 Å². The van der Waals surface area contributed by atoms with E-state index in [0.717, 1.165) is 11.3 Å². The number of amides is 1. The number of hydrogen-bond acceptors (Lipinski definition) is 3. The van der Waals surface area contributed by atoms with Crippen LogP contribution in [-0.4, -0.2) is 49.0 Å². The van der Waals surface area contributed by atoms with Crippen LogP contribution in [0.1, 0.15) is 22.7 Å². The number of hydrogen-bond donors (Lipinski definition) is 0. The van der Waals surface area contributed by atoms with Crippen LogP contribution in [0.5, 0.6) is 5.75 Å². The number of nitrogens with zero attached hydrogens (tertiary/aromatic N) is 2. The Kier molecular flexibility index (Phi) is 5.09. The molecule has 1 atom stereocenters. The summed E-state index contributed by atoms with van der Waals surface area (Å²) in [5.41, 5.74) is 3.39. The van der Waals surface area contributed by atoms with Crippen molar-refractivity contribution in [3.8, 4) is 5.75 Å². The number of aryl methyl sites for hydroxylation is 2. The Hall–Kier alpha value is -2.33. The van der Waals surface area contributed by atoms with Gasteiger partial charge in [0, 0.05) is 0 Å². The molecule has 2 aromatic rings. The van der Waals surface area contributed by atoms with E-state index in [9.17, 15) is 4.79 Å². The predicted molar refractivity (Wildman–Crippen MR) is 99.8 cm³/mol. The van der Waals surface area contributed by atoms with Crippen molar-refractivity contribution in [2.45, 2.75) is 26.0 Å². The molecular weight excluding hydrogens is 312 g/mol. The smallest absolute Gasteiger partial charge is 0.244 e. The minimum Gasteiger partial charge on any atom is -0.487 e. The third-order valence-corrected chi connectivity index (χ3v) is 4.56. The van der Waals surface area contributed by atoms with Crippen LogP contribution in [0.25, 0.3) is 0 Å². The molecule has 1 saturated heterocycles. The van der Waals surface area contributed by atoms with Gasteiger partial charge >= 0.3 is 0 Å². The highest BCUT2D eigenvalue weighted by Gasteiger charge is 2.37. The van der Waals surface area contributed by atoms with Gasteiger partial charge in [0.2, 0.25) is 5.91 Å². The van der Waals surface area contributed by atoms with E-state index in [2.05, 4.69) is 19.1 Å². The van der Waals surface area contributed by atoms with Crippen LogP contribution in [-0.2, 0) is 4.79 Å². The second kappa shape index (κ2) is 7.28. The highest BCUT2D eigenvalue weighted by molar-refractivity contribution is 5.84. The largest absolute Gasteiger partial charge is 0.487 e. The van der Waals surface area contributed by atoms with Crippen molar-refractivity contribution in [2.75, 3.05) is 27.2 Å². The average Bonchev–Trinajstić information content (AvgIpc) is 2.50. The topological polar surface area (TPSA) is 32.8 Å². The summed E-state index contributed by atoms with van der Waals surface area (Å²) in [4.78, 5) is 16.8.